The van der Waals surface area contributed by atoms with Gasteiger partial charge in [-0.05, 0) is 39.2 Å². The second-order valence-electron chi connectivity index (χ2n) is 4.89. The van der Waals surface area contributed by atoms with Crippen LogP contribution < -0.4 is 5.32 Å². The summed E-state index contributed by atoms with van der Waals surface area (Å²) in [5.74, 6) is 1.06. The molecule has 1 aromatic rings. The highest BCUT2D eigenvalue weighted by atomic mass is 15.3. The standard InChI is InChI=1S/C13H23N3/c1-3-16-10-13(9-15-16)11(2)14-8-4-5-12-6-7-12/h9-12,14H,3-8H2,1-2H3. The third-order valence-electron chi connectivity index (χ3n) is 3.41. The van der Waals surface area contributed by atoms with Crippen molar-refractivity contribution in [3.05, 3.63) is 18.0 Å². The molecular weight excluding hydrogens is 198 g/mol. The van der Waals surface area contributed by atoms with Gasteiger partial charge in [-0.2, -0.15) is 5.10 Å². The lowest BCUT2D eigenvalue weighted by Crippen LogP contribution is -2.19. The van der Waals surface area contributed by atoms with E-state index in [-0.39, 0.29) is 0 Å². The van der Waals surface area contributed by atoms with Crippen molar-refractivity contribution in [2.24, 2.45) is 5.92 Å². The van der Waals surface area contributed by atoms with Crippen molar-refractivity contribution in [1.82, 2.24) is 15.1 Å². The monoisotopic (exact) mass is 221 g/mol. The van der Waals surface area contributed by atoms with Crippen LogP contribution in [0.3, 0.4) is 0 Å². The molecule has 0 bridgehead atoms. The number of aromatic nitrogens is 2. The third kappa shape index (κ3) is 3.34. The van der Waals surface area contributed by atoms with E-state index in [1.807, 2.05) is 10.9 Å². The molecule has 16 heavy (non-hydrogen) atoms. The molecule has 2 rings (SSSR count). The van der Waals surface area contributed by atoms with E-state index in [1.165, 1.54) is 31.2 Å². The fourth-order valence-electron chi connectivity index (χ4n) is 2.01. The molecule has 1 saturated carbocycles. The zero-order chi connectivity index (χ0) is 11.4. The summed E-state index contributed by atoms with van der Waals surface area (Å²) in [6, 6.07) is 0.430. The van der Waals surface area contributed by atoms with E-state index in [4.69, 9.17) is 0 Å². The van der Waals surface area contributed by atoms with Crippen LogP contribution in [0.5, 0.6) is 0 Å². The maximum absolute atomic E-state index is 4.30. The average molecular weight is 221 g/mol. The molecule has 1 aromatic heterocycles. The predicted octanol–water partition coefficient (Wildman–Crippen LogP) is 2.74. The number of hydrogen-bond donors (Lipinski definition) is 1. The van der Waals surface area contributed by atoms with Gasteiger partial charge in [-0.3, -0.25) is 4.68 Å². The minimum absolute atomic E-state index is 0.430. The summed E-state index contributed by atoms with van der Waals surface area (Å²) in [6.45, 7) is 6.42. The van der Waals surface area contributed by atoms with Crippen molar-refractivity contribution in [3.63, 3.8) is 0 Å². The lowest BCUT2D eigenvalue weighted by molar-refractivity contribution is 0.532. The molecule has 1 heterocycles. The Morgan fingerprint density at radius 1 is 1.56 bits per heavy atom. The van der Waals surface area contributed by atoms with Crippen molar-refractivity contribution in [2.75, 3.05) is 6.54 Å². The highest BCUT2D eigenvalue weighted by molar-refractivity contribution is 5.08. The Morgan fingerprint density at radius 2 is 2.38 bits per heavy atom. The third-order valence-corrected chi connectivity index (χ3v) is 3.41. The number of hydrogen-bond acceptors (Lipinski definition) is 2. The van der Waals surface area contributed by atoms with Crippen LogP contribution in [-0.4, -0.2) is 16.3 Å². The average Bonchev–Trinajstić information content (AvgIpc) is 2.99. The van der Waals surface area contributed by atoms with Gasteiger partial charge < -0.3 is 5.32 Å². The molecule has 1 aliphatic rings. The van der Waals surface area contributed by atoms with Gasteiger partial charge in [-0.25, -0.2) is 0 Å². The van der Waals surface area contributed by atoms with Crippen LogP contribution in [0.25, 0.3) is 0 Å². The first kappa shape index (κ1) is 11.6. The van der Waals surface area contributed by atoms with Crippen LogP contribution >= 0.6 is 0 Å². The molecule has 3 heteroatoms. The lowest BCUT2D eigenvalue weighted by atomic mass is 10.1. The Labute approximate surface area is 98.2 Å². The molecule has 3 nitrogen and oxygen atoms in total. The van der Waals surface area contributed by atoms with Crippen molar-refractivity contribution in [1.29, 1.82) is 0 Å². The van der Waals surface area contributed by atoms with E-state index < -0.39 is 0 Å². The number of aryl methyl sites for hydroxylation is 1. The highest BCUT2D eigenvalue weighted by Gasteiger charge is 2.20. The van der Waals surface area contributed by atoms with Gasteiger partial charge in [-0.1, -0.05) is 12.8 Å². The van der Waals surface area contributed by atoms with Gasteiger partial charge in [-0.15, -0.1) is 0 Å². The summed E-state index contributed by atoms with van der Waals surface area (Å²) >= 11 is 0. The summed E-state index contributed by atoms with van der Waals surface area (Å²) in [7, 11) is 0. The van der Waals surface area contributed by atoms with Crippen molar-refractivity contribution in [2.45, 2.75) is 52.1 Å². The zero-order valence-electron chi connectivity index (χ0n) is 10.4. The van der Waals surface area contributed by atoms with Gasteiger partial charge in [0.1, 0.15) is 0 Å². The van der Waals surface area contributed by atoms with E-state index in [0.29, 0.717) is 6.04 Å². The summed E-state index contributed by atoms with van der Waals surface area (Å²) in [6.07, 6.45) is 9.78. The quantitative estimate of drug-likeness (QED) is 0.717. The summed E-state index contributed by atoms with van der Waals surface area (Å²) in [5, 5.41) is 7.87. The molecule has 1 aliphatic carbocycles. The molecule has 1 atom stereocenters. The van der Waals surface area contributed by atoms with Gasteiger partial charge in [0, 0.05) is 24.3 Å². The van der Waals surface area contributed by atoms with Gasteiger partial charge in [0.25, 0.3) is 0 Å². The predicted molar refractivity (Wildman–Crippen MR) is 66.3 cm³/mol. The van der Waals surface area contributed by atoms with Crippen LogP contribution in [0.4, 0.5) is 0 Å². The fraction of sp³-hybridized carbons (Fsp3) is 0.769. The first-order chi connectivity index (χ1) is 7.79. The number of nitrogens with zero attached hydrogens (tertiary/aromatic N) is 2. The first-order valence-electron chi connectivity index (χ1n) is 6.55. The molecule has 0 saturated heterocycles. The molecular formula is C13H23N3. The molecule has 0 radical (unpaired) electrons. The molecule has 1 fully saturated rings. The lowest BCUT2D eigenvalue weighted by Gasteiger charge is -2.11. The van der Waals surface area contributed by atoms with E-state index >= 15 is 0 Å². The second-order valence-corrected chi connectivity index (χ2v) is 4.89. The Balaban J connectivity index is 1.67. The Morgan fingerprint density at radius 3 is 3.00 bits per heavy atom. The van der Waals surface area contributed by atoms with E-state index in [1.54, 1.807) is 0 Å². The fourth-order valence-corrected chi connectivity index (χ4v) is 2.01. The molecule has 0 amide bonds. The highest BCUT2D eigenvalue weighted by Crippen LogP contribution is 2.33. The molecule has 1 N–H and O–H groups in total. The normalized spacial score (nSPS) is 17.6. The van der Waals surface area contributed by atoms with Gasteiger partial charge in [0.15, 0.2) is 0 Å². The summed E-state index contributed by atoms with van der Waals surface area (Å²) in [4.78, 5) is 0. The van der Waals surface area contributed by atoms with Gasteiger partial charge in [0.2, 0.25) is 0 Å². The van der Waals surface area contributed by atoms with Crippen LogP contribution in [0, 0.1) is 5.92 Å². The molecule has 0 aliphatic heterocycles. The van der Waals surface area contributed by atoms with E-state index in [2.05, 4.69) is 30.5 Å². The minimum atomic E-state index is 0.430. The smallest absolute Gasteiger partial charge is 0.0537 e. The maximum atomic E-state index is 4.30. The Bertz CT molecular complexity index is 315. The van der Waals surface area contributed by atoms with E-state index in [0.717, 1.165) is 19.0 Å². The van der Waals surface area contributed by atoms with Crippen molar-refractivity contribution >= 4 is 0 Å². The molecule has 0 spiro atoms. The minimum Gasteiger partial charge on any atom is -0.310 e. The second kappa shape index (κ2) is 5.48. The topological polar surface area (TPSA) is 29.9 Å². The van der Waals surface area contributed by atoms with Crippen LogP contribution in [0.15, 0.2) is 12.4 Å². The van der Waals surface area contributed by atoms with Gasteiger partial charge >= 0.3 is 0 Å². The summed E-state index contributed by atoms with van der Waals surface area (Å²) < 4.78 is 1.98. The van der Waals surface area contributed by atoms with E-state index in [9.17, 15) is 0 Å². The van der Waals surface area contributed by atoms with Crippen molar-refractivity contribution in [3.8, 4) is 0 Å². The Kier molecular flexibility index (Phi) is 3.99. The summed E-state index contributed by atoms with van der Waals surface area (Å²) in [5.41, 5.74) is 1.30. The van der Waals surface area contributed by atoms with Crippen molar-refractivity contribution < 1.29 is 0 Å². The molecule has 1 unspecified atom stereocenters. The largest absolute Gasteiger partial charge is 0.310 e. The Hall–Kier alpha value is -0.830. The SMILES string of the molecule is CCn1cc(C(C)NCCCC2CC2)cn1. The first-order valence-corrected chi connectivity index (χ1v) is 6.55. The molecule has 90 valence electrons. The molecule has 0 aromatic carbocycles. The number of nitrogens with one attached hydrogen (secondary N) is 1. The zero-order valence-corrected chi connectivity index (χ0v) is 10.4. The van der Waals surface area contributed by atoms with Crippen LogP contribution in [-0.2, 0) is 6.54 Å². The van der Waals surface area contributed by atoms with Crippen LogP contribution in [0.2, 0.25) is 0 Å². The number of rotatable bonds is 7. The maximum Gasteiger partial charge on any atom is 0.0537 e. The van der Waals surface area contributed by atoms with Crippen LogP contribution in [0.1, 0.15) is 51.1 Å². The van der Waals surface area contributed by atoms with Gasteiger partial charge in [0.05, 0.1) is 6.20 Å².